The van der Waals surface area contributed by atoms with Gasteiger partial charge in [-0.25, -0.2) is 14.0 Å². The van der Waals surface area contributed by atoms with Gasteiger partial charge in [0.1, 0.15) is 5.82 Å². The van der Waals surface area contributed by atoms with Crippen LogP contribution >= 0.6 is 11.6 Å². The van der Waals surface area contributed by atoms with E-state index in [1.807, 2.05) is 4.90 Å². The highest BCUT2D eigenvalue weighted by molar-refractivity contribution is 6.31. The van der Waals surface area contributed by atoms with E-state index in [0.29, 0.717) is 36.8 Å². The Morgan fingerprint density at radius 2 is 2.03 bits per heavy atom. The number of methoxy groups -OCH3 is 1. The topological polar surface area (TPSA) is 73.9 Å². The minimum absolute atomic E-state index is 0.0452. The van der Waals surface area contributed by atoms with Crippen molar-refractivity contribution in [3.05, 3.63) is 34.1 Å². The van der Waals surface area contributed by atoms with E-state index in [-0.39, 0.29) is 30.7 Å². The van der Waals surface area contributed by atoms with Gasteiger partial charge in [0.05, 0.1) is 12.6 Å². The summed E-state index contributed by atoms with van der Waals surface area (Å²) in [5, 5.41) is 6.07. The van der Waals surface area contributed by atoms with Crippen LogP contribution in [0.1, 0.15) is 36.8 Å². The Hall–Kier alpha value is -2.06. The Bertz CT molecular complexity index is 775. The van der Waals surface area contributed by atoms with Gasteiger partial charge in [0, 0.05) is 49.9 Å². The largest absolute Gasteiger partial charge is 0.383 e. The average Bonchev–Trinajstić information content (AvgIpc) is 3.55. The van der Waals surface area contributed by atoms with Crippen molar-refractivity contribution in [3.63, 3.8) is 0 Å². The molecular weight excluding hydrogens is 411 g/mol. The number of carbonyl (C=O) groups is 2. The molecule has 4 amide bonds. The second-order valence-electron chi connectivity index (χ2n) is 7.96. The number of nitrogens with zero attached hydrogens (tertiary/aromatic N) is 2. The fourth-order valence-corrected chi connectivity index (χ4v) is 3.99. The zero-order chi connectivity index (χ0) is 21.7. The first kappa shape index (κ1) is 22.6. The number of aryl methyl sites for hydroxylation is 1. The van der Waals surface area contributed by atoms with Gasteiger partial charge in [-0.05, 0) is 50.3 Å². The molecule has 1 aliphatic carbocycles. The van der Waals surface area contributed by atoms with E-state index in [4.69, 9.17) is 16.3 Å². The normalized spacial score (nSPS) is 18.8. The standard InChI is InChI=1S/C21H30ClFN4O3/c1-14-10-15(19(23)11-18(14)22)12-25-21(29)27(16-5-6-16)17-4-3-8-26(13-17)20(28)24-7-9-30-2/h10-11,16-17H,3-9,12-13H2,1-2H3,(H,24,28)(H,25,29)/t17-/m1/s1. The first-order chi connectivity index (χ1) is 14.4. The molecule has 1 heterocycles. The summed E-state index contributed by atoms with van der Waals surface area (Å²) in [6, 6.07) is 2.73. The third kappa shape index (κ3) is 5.76. The number of rotatable bonds is 7. The van der Waals surface area contributed by atoms with Gasteiger partial charge < -0.3 is 25.2 Å². The fourth-order valence-electron chi connectivity index (χ4n) is 3.84. The van der Waals surface area contributed by atoms with Gasteiger partial charge in [0.25, 0.3) is 0 Å². The molecule has 2 aliphatic rings. The monoisotopic (exact) mass is 440 g/mol. The maximum Gasteiger partial charge on any atom is 0.318 e. The zero-order valence-electron chi connectivity index (χ0n) is 17.5. The molecule has 0 bridgehead atoms. The van der Waals surface area contributed by atoms with Gasteiger partial charge >= 0.3 is 12.1 Å². The zero-order valence-corrected chi connectivity index (χ0v) is 18.3. The SMILES string of the molecule is COCCNC(=O)N1CCC[C@@H](N(C(=O)NCc2cc(C)c(Cl)cc2F)C2CC2)C1. The summed E-state index contributed by atoms with van der Waals surface area (Å²) in [6.45, 7) is 3.98. The summed E-state index contributed by atoms with van der Waals surface area (Å²) < 4.78 is 19.1. The number of hydrogen-bond acceptors (Lipinski definition) is 3. The Morgan fingerprint density at radius 3 is 2.73 bits per heavy atom. The molecule has 0 aromatic heterocycles. The van der Waals surface area contributed by atoms with E-state index >= 15 is 0 Å². The lowest BCUT2D eigenvalue weighted by molar-refractivity contribution is 0.114. The summed E-state index contributed by atoms with van der Waals surface area (Å²) in [4.78, 5) is 29.0. The average molecular weight is 441 g/mol. The Balaban J connectivity index is 1.60. The molecule has 1 saturated heterocycles. The van der Waals surface area contributed by atoms with Crippen molar-refractivity contribution >= 4 is 23.7 Å². The summed E-state index contributed by atoms with van der Waals surface area (Å²) in [5.74, 6) is -0.430. The third-order valence-corrected chi connectivity index (χ3v) is 6.00. The van der Waals surface area contributed by atoms with Gasteiger partial charge in [0.15, 0.2) is 0 Å². The first-order valence-corrected chi connectivity index (χ1v) is 10.8. The molecule has 7 nitrogen and oxygen atoms in total. The molecular formula is C21H30ClFN4O3. The minimum atomic E-state index is -0.430. The van der Waals surface area contributed by atoms with Crippen LogP contribution in [0.4, 0.5) is 14.0 Å². The number of nitrogens with one attached hydrogen (secondary N) is 2. The quantitative estimate of drug-likeness (QED) is 0.639. The second-order valence-corrected chi connectivity index (χ2v) is 8.36. The number of amides is 4. The van der Waals surface area contributed by atoms with Gasteiger partial charge in [-0.2, -0.15) is 0 Å². The molecule has 2 N–H and O–H groups in total. The molecule has 1 aliphatic heterocycles. The van der Waals surface area contributed by atoms with Gasteiger partial charge in [-0.15, -0.1) is 0 Å². The summed E-state index contributed by atoms with van der Waals surface area (Å²) in [7, 11) is 1.59. The van der Waals surface area contributed by atoms with Crippen molar-refractivity contribution in [1.82, 2.24) is 20.4 Å². The minimum Gasteiger partial charge on any atom is -0.383 e. The highest BCUT2D eigenvalue weighted by Crippen LogP contribution is 2.31. The number of carbonyl (C=O) groups excluding carboxylic acids is 2. The van der Waals surface area contributed by atoms with E-state index < -0.39 is 5.82 Å². The molecule has 3 rings (SSSR count). The molecule has 1 aromatic carbocycles. The van der Waals surface area contributed by atoms with Crippen LogP contribution in [0.15, 0.2) is 12.1 Å². The van der Waals surface area contributed by atoms with Crippen molar-refractivity contribution in [1.29, 1.82) is 0 Å². The lowest BCUT2D eigenvalue weighted by Gasteiger charge is -2.39. The molecule has 0 radical (unpaired) electrons. The number of urea groups is 2. The molecule has 0 spiro atoms. The van der Waals surface area contributed by atoms with Gasteiger partial charge in [-0.1, -0.05) is 11.6 Å². The van der Waals surface area contributed by atoms with Crippen LogP contribution in [-0.4, -0.2) is 67.3 Å². The van der Waals surface area contributed by atoms with E-state index in [1.165, 1.54) is 6.07 Å². The lowest BCUT2D eigenvalue weighted by Crippen LogP contribution is -2.56. The molecule has 30 heavy (non-hydrogen) atoms. The summed E-state index contributed by atoms with van der Waals surface area (Å²) >= 11 is 5.95. The summed E-state index contributed by atoms with van der Waals surface area (Å²) in [5.41, 5.74) is 1.17. The van der Waals surface area contributed by atoms with Crippen LogP contribution in [0.5, 0.6) is 0 Å². The van der Waals surface area contributed by atoms with Crippen molar-refractivity contribution in [2.24, 2.45) is 0 Å². The van der Waals surface area contributed by atoms with Crippen molar-refractivity contribution in [2.75, 3.05) is 33.4 Å². The highest BCUT2D eigenvalue weighted by atomic mass is 35.5. The molecule has 0 unspecified atom stereocenters. The molecule has 2 fully saturated rings. The van der Waals surface area contributed by atoms with Crippen LogP contribution in [0, 0.1) is 12.7 Å². The lowest BCUT2D eigenvalue weighted by atomic mass is 10.0. The highest BCUT2D eigenvalue weighted by Gasteiger charge is 2.39. The van der Waals surface area contributed by atoms with Crippen molar-refractivity contribution < 1.29 is 18.7 Å². The summed E-state index contributed by atoms with van der Waals surface area (Å²) in [6.07, 6.45) is 3.60. The maximum atomic E-state index is 14.2. The Morgan fingerprint density at radius 1 is 1.27 bits per heavy atom. The smallest absolute Gasteiger partial charge is 0.318 e. The van der Waals surface area contributed by atoms with E-state index in [1.54, 1.807) is 25.0 Å². The van der Waals surface area contributed by atoms with E-state index in [2.05, 4.69) is 10.6 Å². The molecule has 1 atom stereocenters. The van der Waals surface area contributed by atoms with Crippen molar-refractivity contribution in [2.45, 2.75) is 51.2 Å². The number of piperidine rings is 1. The van der Waals surface area contributed by atoms with Gasteiger partial charge in [-0.3, -0.25) is 0 Å². The predicted molar refractivity (Wildman–Crippen MR) is 113 cm³/mol. The number of likely N-dealkylation sites (tertiary alicyclic amines) is 1. The molecule has 166 valence electrons. The van der Waals surface area contributed by atoms with Crippen LogP contribution < -0.4 is 10.6 Å². The molecule has 1 aromatic rings. The van der Waals surface area contributed by atoms with Crippen molar-refractivity contribution in [3.8, 4) is 0 Å². The Labute approximate surface area is 181 Å². The second kappa shape index (κ2) is 10.3. The predicted octanol–water partition coefficient (Wildman–Crippen LogP) is 3.28. The Kier molecular flexibility index (Phi) is 7.77. The van der Waals surface area contributed by atoms with Gasteiger partial charge in [0.2, 0.25) is 0 Å². The van der Waals surface area contributed by atoms with Crippen LogP contribution in [0.3, 0.4) is 0 Å². The van der Waals surface area contributed by atoms with Crippen LogP contribution in [-0.2, 0) is 11.3 Å². The maximum absolute atomic E-state index is 14.2. The molecule has 9 heteroatoms. The number of benzene rings is 1. The van der Waals surface area contributed by atoms with E-state index in [9.17, 15) is 14.0 Å². The molecule has 1 saturated carbocycles. The fraction of sp³-hybridized carbons (Fsp3) is 0.619. The van der Waals surface area contributed by atoms with Crippen LogP contribution in [0.25, 0.3) is 0 Å². The first-order valence-electron chi connectivity index (χ1n) is 10.4. The van der Waals surface area contributed by atoms with Crippen LogP contribution in [0.2, 0.25) is 5.02 Å². The third-order valence-electron chi connectivity index (χ3n) is 5.59. The number of halogens is 2. The number of ether oxygens (including phenoxy) is 1. The number of hydrogen-bond donors (Lipinski definition) is 2. The van der Waals surface area contributed by atoms with E-state index in [0.717, 1.165) is 31.2 Å².